The molecule has 2 heterocycles. The molecule has 0 saturated carbocycles. The third-order valence-electron chi connectivity index (χ3n) is 4.01. The molecule has 1 fully saturated rings. The van der Waals surface area contributed by atoms with Gasteiger partial charge in [-0.1, -0.05) is 0 Å². The molecule has 0 amide bonds. The third kappa shape index (κ3) is 2.83. The fourth-order valence-electron chi connectivity index (χ4n) is 2.57. The van der Waals surface area contributed by atoms with Crippen molar-refractivity contribution < 1.29 is 4.57 Å². The average molecular weight is 268 g/mol. The van der Waals surface area contributed by atoms with Crippen LogP contribution in [0.15, 0.2) is 48.8 Å². The zero-order chi connectivity index (χ0) is 13.9. The van der Waals surface area contributed by atoms with Crippen molar-refractivity contribution in [2.24, 2.45) is 0 Å². The second-order valence-corrected chi connectivity index (χ2v) is 5.59. The van der Waals surface area contributed by atoms with Crippen LogP contribution in [0.2, 0.25) is 0 Å². The summed E-state index contributed by atoms with van der Waals surface area (Å²) in [7, 11) is 2.19. The van der Waals surface area contributed by atoms with Gasteiger partial charge in [-0.15, -0.1) is 0 Å². The molecule has 1 aromatic heterocycles. The third-order valence-corrected chi connectivity index (χ3v) is 4.01. The molecule has 3 rings (SSSR count). The van der Waals surface area contributed by atoms with Crippen LogP contribution in [0.3, 0.4) is 0 Å². The van der Waals surface area contributed by atoms with Gasteiger partial charge in [0.05, 0.1) is 0 Å². The zero-order valence-electron chi connectivity index (χ0n) is 12.3. The van der Waals surface area contributed by atoms with Crippen molar-refractivity contribution in [1.82, 2.24) is 4.90 Å². The molecule has 0 atom stereocenters. The summed E-state index contributed by atoms with van der Waals surface area (Å²) < 4.78 is 2.15. The molecule has 1 saturated heterocycles. The van der Waals surface area contributed by atoms with Gasteiger partial charge in [-0.3, -0.25) is 0 Å². The molecular formula is C17H22N3+. The van der Waals surface area contributed by atoms with Crippen LogP contribution in [-0.2, 0) is 0 Å². The van der Waals surface area contributed by atoms with Gasteiger partial charge in [0, 0.05) is 56.1 Å². The van der Waals surface area contributed by atoms with Crippen LogP contribution >= 0.6 is 0 Å². The van der Waals surface area contributed by atoms with Gasteiger partial charge < -0.3 is 9.80 Å². The van der Waals surface area contributed by atoms with Crippen molar-refractivity contribution in [2.75, 3.05) is 38.1 Å². The van der Waals surface area contributed by atoms with Crippen LogP contribution in [0, 0.1) is 6.92 Å². The molecule has 0 aliphatic carbocycles. The van der Waals surface area contributed by atoms with Crippen molar-refractivity contribution in [3.63, 3.8) is 0 Å². The summed E-state index contributed by atoms with van der Waals surface area (Å²) in [5.74, 6) is 0. The number of benzene rings is 1. The summed E-state index contributed by atoms with van der Waals surface area (Å²) in [6.07, 6.45) is 4.22. The first kappa shape index (κ1) is 13.1. The Morgan fingerprint density at radius 3 is 2.05 bits per heavy atom. The number of hydrogen-bond donors (Lipinski definition) is 0. The van der Waals surface area contributed by atoms with E-state index in [-0.39, 0.29) is 0 Å². The van der Waals surface area contributed by atoms with E-state index in [1.807, 2.05) is 0 Å². The van der Waals surface area contributed by atoms with Crippen molar-refractivity contribution in [1.29, 1.82) is 0 Å². The molecule has 0 radical (unpaired) electrons. The van der Waals surface area contributed by atoms with Crippen molar-refractivity contribution >= 4 is 5.69 Å². The lowest BCUT2D eigenvalue weighted by Crippen LogP contribution is -2.44. The van der Waals surface area contributed by atoms with Crippen LogP contribution in [0.4, 0.5) is 5.69 Å². The number of likely N-dealkylation sites (N-methyl/N-ethyl adjacent to an activating group) is 1. The highest BCUT2D eigenvalue weighted by molar-refractivity contribution is 5.49. The Labute approximate surface area is 121 Å². The maximum absolute atomic E-state index is 2.46. The second-order valence-electron chi connectivity index (χ2n) is 5.59. The van der Waals surface area contributed by atoms with E-state index in [2.05, 4.69) is 77.1 Å². The number of nitrogens with zero attached hydrogens (tertiary/aromatic N) is 3. The molecule has 2 aromatic rings. The molecule has 0 spiro atoms. The van der Waals surface area contributed by atoms with E-state index in [1.165, 1.54) is 16.9 Å². The number of anilines is 1. The predicted molar refractivity (Wildman–Crippen MR) is 82.4 cm³/mol. The van der Waals surface area contributed by atoms with Crippen LogP contribution in [0.25, 0.3) is 5.69 Å². The predicted octanol–water partition coefficient (Wildman–Crippen LogP) is 2.02. The first-order valence-electron chi connectivity index (χ1n) is 7.24. The second kappa shape index (κ2) is 5.63. The quantitative estimate of drug-likeness (QED) is 0.772. The summed E-state index contributed by atoms with van der Waals surface area (Å²) in [6.45, 7) is 6.64. The van der Waals surface area contributed by atoms with Crippen LogP contribution in [0.1, 0.15) is 5.56 Å². The molecule has 3 heteroatoms. The van der Waals surface area contributed by atoms with E-state index in [0.717, 1.165) is 26.2 Å². The fourth-order valence-corrected chi connectivity index (χ4v) is 2.57. The highest BCUT2D eigenvalue weighted by Crippen LogP contribution is 2.17. The normalized spacial score (nSPS) is 16.4. The maximum atomic E-state index is 2.46. The molecular weight excluding hydrogens is 246 g/mol. The number of aromatic nitrogens is 1. The van der Waals surface area contributed by atoms with Gasteiger partial charge in [-0.05, 0) is 31.7 Å². The molecule has 20 heavy (non-hydrogen) atoms. The molecule has 0 bridgehead atoms. The zero-order valence-corrected chi connectivity index (χ0v) is 12.3. The Balaban J connectivity index is 1.76. The summed E-state index contributed by atoms with van der Waals surface area (Å²) in [4.78, 5) is 4.84. The van der Waals surface area contributed by atoms with Gasteiger partial charge in [-0.2, -0.15) is 4.57 Å². The Kier molecular flexibility index (Phi) is 3.70. The van der Waals surface area contributed by atoms with E-state index in [9.17, 15) is 0 Å². The van der Waals surface area contributed by atoms with Gasteiger partial charge in [0.1, 0.15) is 0 Å². The van der Waals surface area contributed by atoms with Crippen LogP contribution in [-0.4, -0.2) is 38.1 Å². The first-order valence-corrected chi connectivity index (χ1v) is 7.24. The number of piperazine rings is 1. The maximum Gasteiger partial charge on any atom is 0.210 e. The Morgan fingerprint density at radius 2 is 1.45 bits per heavy atom. The minimum atomic E-state index is 1.12. The summed E-state index contributed by atoms with van der Waals surface area (Å²) in [6, 6.07) is 13.1. The standard InChI is InChI=1S/C17H22N3/c1-15-7-9-19(10-8-15)16-3-5-17(6-4-16)20-13-11-18(2)12-14-20/h3-10H,11-14H2,1-2H3/q+1. The Hall–Kier alpha value is -1.87. The van der Waals surface area contributed by atoms with Gasteiger partial charge in [0.25, 0.3) is 0 Å². The van der Waals surface area contributed by atoms with E-state index >= 15 is 0 Å². The molecule has 3 nitrogen and oxygen atoms in total. The molecule has 0 N–H and O–H groups in total. The monoisotopic (exact) mass is 268 g/mol. The lowest BCUT2D eigenvalue weighted by atomic mass is 10.2. The Morgan fingerprint density at radius 1 is 0.850 bits per heavy atom. The number of pyridine rings is 1. The van der Waals surface area contributed by atoms with Gasteiger partial charge in [-0.25, -0.2) is 0 Å². The minimum absolute atomic E-state index is 1.12. The number of rotatable bonds is 2. The molecule has 0 unspecified atom stereocenters. The van der Waals surface area contributed by atoms with Crippen molar-refractivity contribution in [3.05, 3.63) is 54.4 Å². The van der Waals surface area contributed by atoms with Gasteiger partial charge >= 0.3 is 0 Å². The van der Waals surface area contributed by atoms with E-state index < -0.39 is 0 Å². The lowest BCUT2D eigenvalue weighted by molar-refractivity contribution is -0.595. The summed E-state index contributed by atoms with van der Waals surface area (Å²) in [5.41, 5.74) is 3.83. The summed E-state index contributed by atoms with van der Waals surface area (Å²) in [5, 5.41) is 0. The number of aryl methyl sites for hydroxylation is 1. The molecule has 1 aliphatic heterocycles. The lowest BCUT2D eigenvalue weighted by Gasteiger charge is -2.33. The largest absolute Gasteiger partial charge is 0.369 e. The highest BCUT2D eigenvalue weighted by atomic mass is 15.2. The molecule has 104 valence electrons. The molecule has 1 aromatic carbocycles. The van der Waals surface area contributed by atoms with Gasteiger partial charge in [0.15, 0.2) is 12.4 Å². The summed E-state index contributed by atoms with van der Waals surface area (Å²) >= 11 is 0. The average Bonchev–Trinajstić information content (AvgIpc) is 2.49. The topological polar surface area (TPSA) is 10.4 Å². The first-order chi connectivity index (χ1) is 9.72. The van der Waals surface area contributed by atoms with E-state index in [1.54, 1.807) is 0 Å². The minimum Gasteiger partial charge on any atom is -0.369 e. The fraction of sp³-hybridized carbons (Fsp3) is 0.353. The van der Waals surface area contributed by atoms with E-state index in [4.69, 9.17) is 0 Å². The van der Waals surface area contributed by atoms with Crippen LogP contribution in [0.5, 0.6) is 0 Å². The smallest absolute Gasteiger partial charge is 0.210 e. The van der Waals surface area contributed by atoms with E-state index in [0.29, 0.717) is 0 Å². The van der Waals surface area contributed by atoms with Crippen molar-refractivity contribution in [2.45, 2.75) is 6.92 Å². The molecule has 1 aliphatic rings. The van der Waals surface area contributed by atoms with Gasteiger partial charge in [0.2, 0.25) is 5.69 Å². The highest BCUT2D eigenvalue weighted by Gasteiger charge is 2.14. The van der Waals surface area contributed by atoms with Crippen LogP contribution < -0.4 is 9.47 Å². The SMILES string of the molecule is Cc1cc[n+](-c2ccc(N3CCN(C)CC3)cc2)cc1. The van der Waals surface area contributed by atoms with Crippen molar-refractivity contribution in [3.8, 4) is 5.69 Å². The number of hydrogen-bond acceptors (Lipinski definition) is 2. The Bertz CT molecular complexity index is 552.